The van der Waals surface area contributed by atoms with E-state index in [0.717, 1.165) is 11.3 Å². The summed E-state index contributed by atoms with van der Waals surface area (Å²) in [5.41, 5.74) is 1.99. The molecule has 2 aromatic carbocycles. The lowest BCUT2D eigenvalue weighted by Gasteiger charge is -2.10. The largest absolute Gasteiger partial charge is 0.494 e. The number of Topliss-reactive ketones (excluding diaryl/α,β-unsaturated/α-hetero) is 1. The molecule has 7 nitrogen and oxygen atoms in total. The highest BCUT2D eigenvalue weighted by atomic mass is 32.2. The van der Waals surface area contributed by atoms with Crippen LogP contribution in [0.5, 0.6) is 5.75 Å². The molecule has 0 aliphatic carbocycles. The Morgan fingerprint density at radius 2 is 1.79 bits per heavy atom. The molecule has 1 heterocycles. The predicted molar refractivity (Wildman–Crippen MR) is 111 cm³/mol. The maximum atomic E-state index is 12.4. The number of nitrogens with one attached hydrogen (secondary N) is 1. The Hall–Kier alpha value is -3.13. The van der Waals surface area contributed by atoms with E-state index in [-0.39, 0.29) is 11.7 Å². The van der Waals surface area contributed by atoms with E-state index in [0.29, 0.717) is 29.0 Å². The molecule has 150 valence electrons. The number of thioether (sulfide) groups is 1. The van der Waals surface area contributed by atoms with Crippen LogP contribution in [0.1, 0.15) is 31.1 Å². The van der Waals surface area contributed by atoms with Gasteiger partial charge in [0.1, 0.15) is 5.75 Å². The van der Waals surface area contributed by atoms with Crippen molar-refractivity contribution < 1.29 is 18.7 Å². The molecule has 0 spiro atoms. The summed E-state index contributed by atoms with van der Waals surface area (Å²) in [6, 6.07) is 14.1. The molecule has 1 aromatic heterocycles. The molecule has 3 rings (SSSR count). The fourth-order valence-corrected chi connectivity index (χ4v) is 3.15. The summed E-state index contributed by atoms with van der Waals surface area (Å²) in [7, 11) is 0. The van der Waals surface area contributed by atoms with Gasteiger partial charge in [-0.15, -0.1) is 10.2 Å². The van der Waals surface area contributed by atoms with Crippen LogP contribution < -0.4 is 10.1 Å². The molecule has 1 amide bonds. The highest BCUT2D eigenvalue weighted by molar-refractivity contribution is 8.00. The van der Waals surface area contributed by atoms with Gasteiger partial charge in [-0.05, 0) is 69.3 Å². The van der Waals surface area contributed by atoms with Gasteiger partial charge in [-0.1, -0.05) is 11.8 Å². The Morgan fingerprint density at radius 3 is 2.41 bits per heavy atom. The minimum Gasteiger partial charge on any atom is -0.494 e. The lowest BCUT2D eigenvalue weighted by atomic mass is 10.1. The standard InChI is InChI=1S/C21H21N3O4S/c1-4-27-18-11-7-16(8-12-18)20-23-24-21(28-20)29-14(3)19(26)22-17-9-5-15(6-10-17)13(2)25/h5-12,14H,4H2,1-3H3,(H,22,26)/t14-/m1/s1. The van der Waals surface area contributed by atoms with Gasteiger partial charge in [0.25, 0.3) is 5.22 Å². The average molecular weight is 411 g/mol. The zero-order valence-corrected chi connectivity index (χ0v) is 17.2. The molecule has 0 radical (unpaired) electrons. The van der Waals surface area contributed by atoms with Crippen LogP contribution in [-0.4, -0.2) is 33.7 Å². The minimum atomic E-state index is -0.448. The Labute approximate surface area is 172 Å². The zero-order chi connectivity index (χ0) is 20.8. The number of hydrogen-bond donors (Lipinski definition) is 1. The van der Waals surface area contributed by atoms with Gasteiger partial charge in [-0.3, -0.25) is 9.59 Å². The second-order valence-electron chi connectivity index (χ2n) is 6.21. The molecule has 0 aliphatic rings. The van der Waals surface area contributed by atoms with Crippen molar-refractivity contribution in [1.29, 1.82) is 0 Å². The Morgan fingerprint density at radius 1 is 1.10 bits per heavy atom. The highest BCUT2D eigenvalue weighted by Gasteiger charge is 2.19. The highest BCUT2D eigenvalue weighted by Crippen LogP contribution is 2.27. The van der Waals surface area contributed by atoms with Crippen LogP contribution >= 0.6 is 11.8 Å². The van der Waals surface area contributed by atoms with Crippen molar-refractivity contribution in [2.24, 2.45) is 0 Å². The van der Waals surface area contributed by atoms with Gasteiger partial charge >= 0.3 is 0 Å². The Bertz CT molecular complexity index is 984. The summed E-state index contributed by atoms with van der Waals surface area (Å²) in [4.78, 5) is 23.7. The van der Waals surface area contributed by atoms with Crippen LogP contribution in [0.25, 0.3) is 11.5 Å². The lowest BCUT2D eigenvalue weighted by molar-refractivity contribution is -0.115. The van der Waals surface area contributed by atoms with Crippen LogP contribution in [0.4, 0.5) is 5.69 Å². The number of carbonyl (C=O) groups excluding carboxylic acids is 2. The first-order chi connectivity index (χ1) is 14.0. The van der Waals surface area contributed by atoms with E-state index < -0.39 is 5.25 Å². The lowest BCUT2D eigenvalue weighted by Crippen LogP contribution is -2.22. The number of ether oxygens (including phenoxy) is 1. The van der Waals surface area contributed by atoms with E-state index >= 15 is 0 Å². The van der Waals surface area contributed by atoms with Gasteiger partial charge in [0.2, 0.25) is 11.8 Å². The number of ketones is 1. The average Bonchev–Trinajstić information content (AvgIpc) is 3.17. The maximum absolute atomic E-state index is 12.4. The summed E-state index contributed by atoms with van der Waals surface area (Å²) in [6.45, 7) is 5.78. The van der Waals surface area contributed by atoms with Crippen LogP contribution in [0.15, 0.2) is 58.2 Å². The molecule has 0 saturated heterocycles. The summed E-state index contributed by atoms with van der Waals surface area (Å²) >= 11 is 1.17. The summed E-state index contributed by atoms with van der Waals surface area (Å²) in [5.74, 6) is 0.924. The number of rotatable bonds is 8. The van der Waals surface area contributed by atoms with Gasteiger partial charge in [0, 0.05) is 16.8 Å². The zero-order valence-electron chi connectivity index (χ0n) is 16.3. The van der Waals surface area contributed by atoms with Crippen molar-refractivity contribution in [3.8, 4) is 17.2 Å². The SMILES string of the molecule is CCOc1ccc(-c2nnc(S[C@H](C)C(=O)Nc3ccc(C(C)=O)cc3)o2)cc1. The maximum Gasteiger partial charge on any atom is 0.277 e. The van der Waals surface area contributed by atoms with Gasteiger partial charge < -0.3 is 14.5 Å². The third kappa shape index (κ3) is 5.45. The van der Waals surface area contributed by atoms with Crippen LogP contribution in [0, 0.1) is 0 Å². The number of carbonyl (C=O) groups is 2. The molecule has 0 bridgehead atoms. The normalized spacial score (nSPS) is 11.7. The first-order valence-corrected chi connectivity index (χ1v) is 9.99. The third-order valence-corrected chi connectivity index (χ3v) is 4.96. The molecule has 1 N–H and O–H groups in total. The van der Waals surface area contributed by atoms with Crippen molar-refractivity contribution in [2.75, 3.05) is 11.9 Å². The molecular weight excluding hydrogens is 390 g/mol. The first-order valence-electron chi connectivity index (χ1n) is 9.11. The molecule has 3 aromatic rings. The topological polar surface area (TPSA) is 94.3 Å². The smallest absolute Gasteiger partial charge is 0.277 e. The fraction of sp³-hybridized carbons (Fsp3) is 0.238. The summed E-state index contributed by atoms with van der Waals surface area (Å²) < 4.78 is 11.1. The minimum absolute atomic E-state index is 0.0217. The van der Waals surface area contributed by atoms with Crippen molar-refractivity contribution in [3.05, 3.63) is 54.1 Å². The second kappa shape index (κ2) is 9.38. The quantitative estimate of drug-likeness (QED) is 0.432. The van der Waals surface area contributed by atoms with Crippen LogP contribution in [0.2, 0.25) is 0 Å². The Balaban J connectivity index is 1.59. The van der Waals surface area contributed by atoms with Gasteiger partial charge in [-0.2, -0.15) is 0 Å². The van der Waals surface area contributed by atoms with Gasteiger partial charge in [-0.25, -0.2) is 0 Å². The van der Waals surface area contributed by atoms with E-state index in [9.17, 15) is 9.59 Å². The summed E-state index contributed by atoms with van der Waals surface area (Å²) in [6.07, 6.45) is 0. The monoisotopic (exact) mass is 411 g/mol. The van der Waals surface area contributed by atoms with Crippen LogP contribution in [-0.2, 0) is 4.79 Å². The van der Waals surface area contributed by atoms with E-state index in [1.54, 1.807) is 31.2 Å². The van der Waals surface area contributed by atoms with E-state index in [1.807, 2.05) is 31.2 Å². The Kier molecular flexibility index (Phi) is 6.66. The second-order valence-corrected chi connectivity index (χ2v) is 7.51. The number of amides is 1. The molecule has 0 fully saturated rings. The molecular formula is C21H21N3O4S. The summed E-state index contributed by atoms with van der Waals surface area (Å²) in [5, 5.41) is 10.7. The van der Waals surface area contributed by atoms with Crippen molar-refractivity contribution >= 4 is 29.1 Å². The van der Waals surface area contributed by atoms with Crippen LogP contribution in [0.3, 0.4) is 0 Å². The molecule has 1 atom stereocenters. The molecule has 0 unspecified atom stereocenters. The van der Waals surface area contributed by atoms with Gasteiger partial charge in [0.05, 0.1) is 11.9 Å². The predicted octanol–water partition coefficient (Wildman–Crippen LogP) is 4.46. The van der Waals surface area contributed by atoms with E-state index in [2.05, 4.69) is 15.5 Å². The number of hydrogen-bond acceptors (Lipinski definition) is 7. The molecule has 29 heavy (non-hydrogen) atoms. The molecule has 8 heteroatoms. The number of aromatic nitrogens is 2. The van der Waals surface area contributed by atoms with E-state index in [4.69, 9.17) is 9.15 Å². The van der Waals surface area contributed by atoms with Crippen molar-refractivity contribution in [2.45, 2.75) is 31.2 Å². The fourth-order valence-electron chi connectivity index (χ4n) is 2.47. The third-order valence-electron chi connectivity index (χ3n) is 4.02. The van der Waals surface area contributed by atoms with E-state index in [1.165, 1.54) is 18.7 Å². The van der Waals surface area contributed by atoms with Gasteiger partial charge in [0.15, 0.2) is 5.78 Å². The van der Waals surface area contributed by atoms with Crippen molar-refractivity contribution in [3.63, 3.8) is 0 Å². The number of benzene rings is 2. The first kappa shape index (κ1) is 20.6. The number of anilines is 1. The number of nitrogens with zero attached hydrogens (tertiary/aromatic N) is 2. The molecule has 0 saturated carbocycles. The molecule has 0 aliphatic heterocycles. The van der Waals surface area contributed by atoms with Crippen molar-refractivity contribution in [1.82, 2.24) is 10.2 Å².